The van der Waals surface area contributed by atoms with Gasteiger partial charge in [0.2, 0.25) is 0 Å². The number of aryl methyl sites for hydroxylation is 1. The number of rotatable bonds is 5. The zero-order valence-corrected chi connectivity index (χ0v) is 11.6. The zero-order valence-electron chi connectivity index (χ0n) is 11.6. The van der Waals surface area contributed by atoms with Gasteiger partial charge in [0.05, 0.1) is 18.4 Å². The summed E-state index contributed by atoms with van der Waals surface area (Å²) in [6.45, 7) is 5.05. The first-order valence-corrected chi connectivity index (χ1v) is 6.82. The molecule has 0 amide bonds. The lowest BCUT2D eigenvalue weighted by atomic mass is 10.1. The van der Waals surface area contributed by atoms with E-state index in [9.17, 15) is 0 Å². The SMILES string of the molecule is Cc1nnc(NCCOC2CCCC2)c(C#N)c1C. The van der Waals surface area contributed by atoms with E-state index in [4.69, 9.17) is 10.00 Å². The number of nitrogens with one attached hydrogen (secondary N) is 1. The van der Waals surface area contributed by atoms with Gasteiger partial charge in [0.1, 0.15) is 11.6 Å². The summed E-state index contributed by atoms with van der Waals surface area (Å²) in [5.41, 5.74) is 2.26. The van der Waals surface area contributed by atoms with Crippen LogP contribution in [0.1, 0.15) is 42.5 Å². The monoisotopic (exact) mass is 260 g/mol. The van der Waals surface area contributed by atoms with Gasteiger partial charge < -0.3 is 10.1 Å². The number of ether oxygens (including phenoxy) is 1. The van der Waals surface area contributed by atoms with Gasteiger partial charge in [-0.15, -0.1) is 5.10 Å². The molecule has 102 valence electrons. The van der Waals surface area contributed by atoms with Crippen molar-refractivity contribution in [1.82, 2.24) is 10.2 Å². The Kier molecular flexibility index (Phi) is 4.69. The van der Waals surface area contributed by atoms with Crippen LogP contribution < -0.4 is 5.32 Å². The molecule has 0 saturated heterocycles. The summed E-state index contributed by atoms with van der Waals surface area (Å²) < 4.78 is 5.76. The van der Waals surface area contributed by atoms with Crippen molar-refractivity contribution >= 4 is 5.82 Å². The van der Waals surface area contributed by atoms with Crippen molar-refractivity contribution in [2.24, 2.45) is 0 Å². The van der Waals surface area contributed by atoms with Gasteiger partial charge in [0, 0.05) is 6.54 Å². The molecule has 1 aliphatic rings. The predicted octanol–water partition coefficient (Wildman–Crippen LogP) is 2.34. The fraction of sp³-hybridized carbons (Fsp3) is 0.643. The number of hydrogen-bond donors (Lipinski definition) is 1. The maximum atomic E-state index is 9.16. The van der Waals surface area contributed by atoms with Crippen LogP contribution in [0.2, 0.25) is 0 Å². The predicted molar refractivity (Wildman–Crippen MR) is 72.9 cm³/mol. The summed E-state index contributed by atoms with van der Waals surface area (Å²) >= 11 is 0. The molecule has 1 heterocycles. The molecule has 0 unspecified atom stereocenters. The Morgan fingerprint density at radius 2 is 2.05 bits per heavy atom. The van der Waals surface area contributed by atoms with E-state index in [1.807, 2.05) is 13.8 Å². The first kappa shape index (κ1) is 13.8. The Morgan fingerprint density at radius 1 is 1.32 bits per heavy atom. The van der Waals surface area contributed by atoms with E-state index in [1.165, 1.54) is 25.7 Å². The van der Waals surface area contributed by atoms with Crippen LogP contribution in [0.4, 0.5) is 5.82 Å². The average Bonchev–Trinajstić information content (AvgIpc) is 2.92. The van der Waals surface area contributed by atoms with Crippen LogP contribution in [0.15, 0.2) is 0 Å². The smallest absolute Gasteiger partial charge is 0.167 e. The lowest BCUT2D eigenvalue weighted by Gasteiger charge is -2.12. The molecular weight excluding hydrogens is 240 g/mol. The minimum absolute atomic E-state index is 0.420. The summed E-state index contributed by atoms with van der Waals surface area (Å²) in [6, 6.07) is 2.18. The van der Waals surface area contributed by atoms with Gasteiger partial charge in [-0.1, -0.05) is 12.8 Å². The van der Waals surface area contributed by atoms with Gasteiger partial charge in [0.25, 0.3) is 0 Å². The second-order valence-corrected chi connectivity index (χ2v) is 4.95. The first-order valence-electron chi connectivity index (χ1n) is 6.82. The van der Waals surface area contributed by atoms with E-state index in [-0.39, 0.29) is 0 Å². The lowest BCUT2D eigenvalue weighted by Crippen LogP contribution is -2.17. The molecule has 1 aliphatic carbocycles. The quantitative estimate of drug-likeness (QED) is 0.823. The summed E-state index contributed by atoms with van der Waals surface area (Å²) in [6.07, 6.45) is 5.32. The second kappa shape index (κ2) is 6.48. The van der Waals surface area contributed by atoms with E-state index < -0.39 is 0 Å². The highest BCUT2D eigenvalue weighted by molar-refractivity contribution is 5.55. The molecule has 1 fully saturated rings. The third-order valence-electron chi connectivity index (χ3n) is 3.62. The van der Waals surface area contributed by atoms with Crippen molar-refractivity contribution in [2.75, 3.05) is 18.5 Å². The Morgan fingerprint density at radius 3 is 2.74 bits per heavy atom. The fourth-order valence-electron chi connectivity index (χ4n) is 2.32. The molecule has 5 nitrogen and oxygen atoms in total. The van der Waals surface area contributed by atoms with Crippen LogP contribution in [0.3, 0.4) is 0 Å². The number of anilines is 1. The third-order valence-corrected chi connectivity index (χ3v) is 3.62. The summed E-state index contributed by atoms with van der Waals surface area (Å²) in [5, 5.41) is 20.4. The van der Waals surface area contributed by atoms with E-state index in [2.05, 4.69) is 21.6 Å². The summed E-state index contributed by atoms with van der Waals surface area (Å²) in [7, 11) is 0. The van der Waals surface area contributed by atoms with Crippen LogP contribution >= 0.6 is 0 Å². The average molecular weight is 260 g/mol. The van der Waals surface area contributed by atoms with Gasteiger partial charge in [-0.3, -0.25) is 0 Å². The van der Waals surface area contributed by atoms with Crippen LogP contribution in [-0.2, 0) is 4.74 Å². The van der Waals surface area contributed by atoms with Crippen molar-refractivity contribution in [2.45, 2.75) is 45.6 Å². The highest BCUT2D eigenvalue weighted by Gasteiger charge is 2.15. The van der Waals surface area contributed by atoms with E-state index in [1.54, 1.807) is 0 Å². The normalized spacial score (nSPS) is 15.4. The van der Waals surface area contributed by atoms with Gasteiger partial charge in [-0.25, -0.2) is 0 Å². The van der Waals surface area contributed by atoms with Gasteiger partial charge in [-0.2, -0.15) is 10.4 Å². The summed E-state index contributed by atoms with van der Waals surface area (Å²) in [5.74, 6) is 0.556. The molecule has 19 heavy (non-hydrogen) atoms. The van der Waals surface area contributed by atoms with Gasteiger partial charge in [0.15, 0.2) is 5.82 Å². The third kappa shape index (κ3) is 3.42. The van der Waals surface area contributed by atoms with Gasteiger partial charge in [-0.05, 0) is 32.3 Å². The standard InChI is InChI=1S/C14H20N4O/c1-10-11(2)17-18-14(13(10)9-15)16-7-8-19-12-5-3-4-6-12/h12H,3-8H2,1-2H3,(H,16,18). The van der Waals surface area contributed by atoms with Crippen molar-refractivity contribution in [1.29, 1.82) is 5.26 Å². The molecule has 1 N–H and O–H groups in total. The Balaban J connectivity index is 1.85. The molecule has 0 radical (unpaired) electrons. The van der Waals surface area contributed by atoms with E-state index in [0.717, 1.165) is 11.3 Å². The minimum Gasteiger partial charge on any atom is -0.376 e. The summed E-state index contributed by atoms with van der Waals surface area (Å²) in [4.78, 5) is 0. The lowest BCUT2D eigenvalue weighted by molar-refractivity contribution is 0.0658. The maximum absolute atomic E-state index is 9.16. The van der Waals surface area contributed by atoms with E-state index in [0.29, 0.717) is 30.6 Å². The minimum atomic E-state index is 0.420. The molecule has 0 atom stereocenters. The molecular formula is C14H20N4O. The van der Waals surface area contributed by atoms with E-state index >= 15 is 0 Å². The van der Waals surface area contributed by atoms with Crippen LogP contribution in [0, 0.1) is 25.2 Å². The van der Waals surface area contributed by atoms with Crippen LogP contribution in [0.5, 0.6) is 0 Å². The number of nitrogens with zero attached hydrogens (tertiary/aromatic N) is 3. The van der Waals surface area contributed by atoms with Crippen molar-refractivity contribution in [3.63, 3.8) is 0 Å². The molecule has 0 spiro atoms. The first-order chi connectivity index (χ1) is 9.22. The molecule has 1 saturated carbocycles. The Hall–Kier alpha value is -1.67. The zero-order chi connectivity index (χ0) is 13.7. The van der Waals surface area contributed by atoms with Crippen molar-refractivity contribution < 1.29 is 4.74 Å². The highest BCUT2D eigenvalue weighted by atomic mass is 16.5. The molecule has 2 rings (SSSR count). The molecule has 1 aromatic rings. The fourth-order valence-corrected chi connectivity index (χ4v) is 2.32. The van der Waals surface area contributed by atoms with Gasteiger partial charge >= 0.3 is 0 Å². The molecule has 0 aromatic carbocycles. The molecule has 1 aromatic heterocycles. The number of hydrogen-bond acceptors (Lipinski definition) is 5. The van der Waals surface area contributed by atoms with Crippen LogP contribution in [-0.4, -0.2) is 29.5 Å². The largest absolute Gasteiger partial charge is 0.376 e. The topological polar surface area (TPSA) is 70.8 Å². The molecule has 5 heteroatoms. The number of nitriles is 1. The highest BCUT2D eigenvalue weighted by Crippen LogP contribution is 2.21. The Bertz CT molecular complexity index is 475. The van der Waals surface area contributed by atoms with Crippen molar-refractivity contribution in [3.05, 3.63) is 16.8 Å². The molecule has 0 aliphatic heterocycles. The number of aromatic nitrogens is 2. The van der Waals surface area contributed by atoms with Crippen molar-refractivity contribution in [3.8, 4) is 6.07 Å². The Labute approximate surface area is 114 Å². The second-order valence-electron chi connectivity index (χ2n) is 4.95. The molecule has 0 bridgehead atoms. The maximum Gasteiger partial charge on any atom is 0.167 e. The van der Waals surface area contributed by atoms with Crippen LogP contribution in [0.25, 0.3) is 0 Å².